The predicted molar refractivity (Wildman–Crippen MR) is 121 cm³/mol. The molecule has 6 aliphatic rings. The third-order valence-electron chi connectivity index (χ3n) is 5.53. The Labute approximate surface area is 180 Å². The van der Waals surface area contributed by atoms with Crippen molar-refractivity contribution in [1.82, 2.24) is 34.9 Å². The molecule has 0 aromatic heterocycles. The van der Waals surface area contributed by atoms with E-state index < -0.39 is 0 Å². The van der Waals surface area contributed by atoms with Gasteiger partial charge in [0.05, 0.1) is 44.7 Å². The molecule has 0 unspecified atom stereocenters. The molecule has 0 saturated heterocycles. The second-order valence-corrected chi connectivity index (χ2v) is 7.53. The first-order chi connectivity index (χ1) is 15.7. The zero-order valence-corrected chi connectivity index (χ0v) is 17.0. The summed E-state index contributed by atoms with van der Waals surface area (Å²) in [5.41, 5.74) is 3.09. The van der Waals surface area contributed by atoms with Crippen molar-refractivity contribution in [2.75, 3.05) is 0 Å². The largest absolute Gasteiger partial charge is 0.361 e. The monoisotopic (exact) mass is 415 g/mol. The van der Waals surface area contributed by atoms with Crippen LogP contribution in [0.15, 0.2) is 55.5 Å². The zero-order valence-electron chi connectivity index (χ0n) is 17.0. The standard InChI is InChI=1S/C25H17N7/c1-14-23-16(9-28-14)3-5-26-20(23)7-19-13-32-25-18(11-30-19)12-31-22(25)8-21-24-15(2)29-10-17(24)4-6-27-21/h3-13,26-27H,1-2H2/b20-7+,21-8+. The van der Waals surface area contributed by atoms with Crippen LogP contribution in [0, 0.1) is 20.9 Å². The third-order valence-corrected chi connectivity index (χ3v) is 5.53. The summed E-state index contributed by atoms with van der Waals surface area (Å²) in [5, 5.41) is 7.27. The van der Waals surface area contributed by atoms with E-state index in [1.54, 1.807) is 18.6 Å². The van der Waals surface area contributed by atoms with E-state index in [0.29, 0.717) is 5.69 Å². The van der Waals surface area contributed by atoms with Gasteiger partial charge >= 0.3 is 0 Å². The molecule has 0 saturated carbocycles. The molecular formula is C25H17N7. The van der Waals surface area contributed by atoms with Crippen molar-refractivity contribution < 1.29 is 0 Å². The van der Waals surface area contributed by atoms with Gasteiger partial charge in [0.25, 0.3) is 0 Å². The zero-order chi connectivity index (χ0) is 21.7. The molecule has 6 aliphatic heterocycles. The van der Waals surface area contributed by atoms with E-state index in [4.69, 9.17) is 4.98 Å². The van der Waals surface area contributed by atoms with Gasteiger partial charge in [-0.05, 0) is 24.3 Å². The Balaban J connectivity index is 1.54. The Morgan fingerprint density at radius 1 is 0.656 bits per heavy atom. The SMILES string of the molecule is C=c1ncc2cc[nH]/c(=C/c3cnc4c(/C=c5/[nH]ccc6cnc(=C)c5=6)ncc-4cn3)c1=2. The fourth-order valence-corrected chi connectivity index (χ4v) is 3.99. The van der Waals surface area contributed by atoms with Gasteiger partial charge < -0.3 is 9.97 Å². The minimum absolute atomic E-state index is 0.713. The number of nitrogens with one attached hydrogen (secondary N) is 2. The summed E-state index contributed by atoms with van der Waals surface area (Å²) < 4.78 is 0. The van der Waals surface area contributed by atoms with Gasteiger partial charge in [-0.15, -0.1) is 0 Å². The first kappa shape index (κ1) is 18.1. The van der Waals surface area contributed by atoms with Crippen molar-refractivity contribution in [3.05, 3.63) is 109 Å². The lowest BCUT2D eigenvalue weighted by Gasteiger charge is -1.93. The van der Waals surface area contributed by atoms with Crippen LogP contribution in [0.25, 0.3) is 36.6 Å². The second kappa shape index (κ2) is 6.95. The average Bonchev–Trinajstić information content (AvgIpc) is 3.45. The van der Waals surface area contributed by atoms with Crippen molar-refractivity contribution in [3.8, 4) is 11.3 Å². The molecule has 0 amide bonds. The minimum atomic E-state index is 0.713. The van der Waals surface area contributed by atoms with Gasteiger partial charge in [-0.3, -0.25) is 24.9 Å². The normalized spacial score (nSPS) is 13.0. The molecule has 152 valence electrons. The lowest BCUT2D eigenvalue weighted by molar-refractivity contribution is 1.18. The van der Waals surface area contributed by atoms with Gasteiger partial charge in [0, 0.05) is 63.6 Å². The van der Waals surface area contributed by atoms with Crippen LogP contribution < -0.4 is 21.4 Å². The molecule has 6 rings (SSSR count). The van der Waals surface area contributed by atoms with Crippen LogP contribution in [0.5, 0.6) is 0 Å². The summed E-state index contributed by atoms with van der Waals surface area (Å²) in [6.45, 7) is 8.06. The molecule has 0 radical (unpaired) electrons. The van der Waals surface area contributed by atoms with Crippen LogP contribution in [-0.2, 0) is 0 Å². The number of hydrogen-bond donors (Lipinski definition) is 2. The summed E-state index contributed by atoms with van der Waals surface area (Å²) in [6.07, 6.45) is 16.6. The smallest absolute Gasteiger partial charge is 0.0991 e. The molecule has 6 heterocycles. The summed E-state index contributed by atoms with van der Waals surface area (Å²) in [4.78, 5) is 29.0. The highest BCUT2D eigenvalue weighted by Crippen LogP contribution is 2.21. The number of rotatable bonds is 2. The Morgan fingerprint density at radius 3 is 1.97 bits per heavy atom. The van der Waals surface area contributed by atoms with Crippen LogP contribution in [0.2, 0.25) is 0 Å². The molecule has 0 bridgehead atoms. The number of nitrogens with zero attached hydrogens (tertiary/aromatic N) is 5. The van der Waals surface area contributed by atoms with Crippen molar-refractivity contribution in [1.29, 1.82) is 0 Å². The first-order valence-electron chi connectivity index (χ1n) is 10.0. The Kier molecular flexibility index (Phi) is 3.94. The van der Waals surface area contributed by atoms with Crippen molar-refractivity contribution in [3.63, 3.8) is 0 Å². The van der Waals surface area contributed by atoms with E-state index in [2.05, 4.69) is 43.1 Å². The molecule has 7 nitrogen and oxygen atoms in total. The Bertz CT molecular complexity index is 1930. The van der Waals surface area contributed by atoms with Crippen molar-refractivity contribution in [2.24, 2.45) is 0 Å². The van der Waals surface area contributed by atoms with Crippen molar-refractivity contribution in [2.45, 2.75) is 0 Å². The van der Waals surface area contributed by atoms with E-state index in [1.165, 1.54) is 0 Å². The van der Waals surface area contributed by atoms with Gasteiger partial charge in [-0.1, -0.05) is 13.2 Å². The number of fused-ring (bicyclic) bond motifs is 1. The topological polar surface area (TPSA) is 96.0 Å². The number of hydrogen-bond acceptors (Lipinski definition) is 5. The van der Waals surface area contributed by atoms with E-state index in [1.807, 2.05) is 49.1 Å². The van der Waals surface area contributed by atoms with Crippen LogP contribution in [-0.4, -0.2) is 34.9 Å². The van der Waals surface area contributed by atoms with Crippen LogP contribution in [0.3, 0.4) is 0 Å². The van der Waals surface area contributed by atoms with E-state index >= 15 is 0 Å². The summed E-state index contributed by atoms with van der Waals surface area (Å²) in [7, 11) is 0. The van der Waals surface area contributed by atoms with Crippen LogP contribution >= 0.6 is 0 Å². The highest BCUT2D eigenvalue weighted by molar-refractivity contribution is 5.70. The number of aromatic amines is 2. The second-order valence-electron chi connectivity index (χ2n) is 7.53. The maximum absolute atomic E-state index is 4.70. The molecule has 0 atom stereocenters. The Hall–Kier alpha value is -4.65. The predicted octanol–water partition coefficient (Wildman–Crippen LogP) is 0.350. The fourth-order valence-electron chi connectivity index (χ4n) is 3.99. The maximum Gasteiger partial charge on any atom is 0.0991 e. The maximum atomic E-state index is 4.70. The molecule has 0 spiro atoms. The number of H-pyrrole nitrogens is 2. The lowest BCUT2D eigenvalue weighted by atomic mass is 10.2. The molecule has 32 heavy (non-hydrogen) atoms. The van der Waals surface area contributed by atoms with E-state index in [9.17, 15) is 0 Å². The summed E-state index contributed by atoms with van der Waals surface area (Å²) >= 11 is 0. The van der Waals surface area contributed by atoms with Crippen LogP contribution in [0.1, 0.15) is 11.4 Å². The minimum Gasteiger partial charge on any atom is -0.361 e. The van der Waals surface area contributed by atoms with Gasteiger partial charge in [0.2, 0.25) is 0 Å². The number of aromatic nitrogens is 7. The average molecular weight is 415 g/mol. The summed E-state index contributed by atoms with van der Waals surface area (Å²) in [5.74, 6) is 0. The quantitative estimate of drug-likeness (QED) is 0.426. The molecular weight excluding hydrogens is 398 g/mol. The fraction of sp³-hybridized carbons (Fsp3) is 0. The molecule has 7 heteroatoms. The molecule has 0 aliphatic carbocycles. The third kappa shape index (κ3) is 2.87. The van der Waals surface area contributed by atoms with Gasteiger partial charge in [-0.25, -0.2) is 0 Å². The first-order valence-corrected chi connectivity index (χ1v) is 10.0. The summed E-state index contributed by atoms with van der Waals surface area (Å²) in [6, 6.07) is 3.95. The highest BCUT2D eigenvalue weighted by atomic mass is 14.8. The molecule has 0 aromatic carbocycles. The van der Waals surface area contributed by atoms with Crippen molar-refractivity contribution >= 4 is 25.3 Å². The van der Waals surface area contributed by atoms with E-state index in [0.717, 1.165) is 59.2 Å². The molecule has 2 N–H and O–H groups in total. The van der Waals surface area contributed by atoms with Crippen LogP contribution in [0.4, 0.5) is 0 Å². The van der Waals surface area contributed by atoms with Gasteiger partial charge in [0.1, 0.15) is 0 Å². The highest BCUT2D eigenvalue weighted by Gasteiger charge is 2.11. The van der Waals surface area contributed by atoms with Gasteiger partial charge in [-0.2, -0.15) is 0 Å². The lowest BCUT2D eigenvalue weighted by Crippen LogP contribution is -2.17. The molecule has 0 aromatic rings. The molecule has 0 fully saturated rings. The van der Waals surface area contributed by atoms with E-state index in [-0.39, 0.29) is 0 Å². The Morgan fingerprint density at radius 2 is 1.28 bits per heavy atom. The van der Waals surface area contributed by atoms with Gasteiger partial charge in [0.15, 0.2) is 0 Å².